The summed E-state index contributed by atoms with van der Waals surface area (Å²) in [6, 6.07) is 9.13. The third kappa shape index (κ3) is 2.31. The molecule has 20 heavy (non-hydrogen) atoms. The number of H-pyrrole nitrogens is 1. The topological polar surface area (TPSA) is 54.9 Å². The zero-order valence-electron chi connectivity index (χ0n) is 10.6. The Hall–Kier alpha value is -1.46. The first-order chi connectivity index (χ1) is 9.68. The van der Waals surface area contributed by atoms with Gasteiger partial charge in [0.25, 0.3) is 5.56 Å². The maximum atomic E-state index is 12.6. The van der Waals surface area contributed by atoms with Crippen LogP contribution in [-0.2, 0) is 0 Å². The van der Waals surface area contributed by atoms with E-state index in [1.807, 2.05) is 30.3 Å². The Morgan fingerprint density at radius 1 is 1.25 bits per heavy atom. The van der Waals surface area contributed by atoms with Gasteiger partial charge in [-0.2, -0.15) is 11.8 Å². The predicted molar refractivity (Wildman–Crippen MR) is 82.7 cm³/mol. The van der Waals surface area contributed by atoms with Crippen LogP contribution in [0.5, 0.6) is 0 Å². The molecule has 1 atom stereocenters. The van der Waals surface area contributed by atoms with Crippen LogP contribution >= 0.6 is 23.4 Å². The van der Waals surface area contributed by atoms with Crippen LogP contribution < -0.4 is 11.2 Å². The van der Waals surface area contributed by atoms with Crippen molar-refractivity contribution >= 4 is 23.4 Å². The molecule has 4 nitrogen and oxygen atoms in total. The van der Waals surface area contributed by atoms with Crippen LogP contribution in [-0.4, -0.2) is 21.1 Å². The monoisotopic (exact) mass is 308 g/mol. The lowest BCUT2D eigenvalue weighted by atomic mass is 10.1. The molecule has 0 spiro atoms. The van der Waals surface area contributed by atoms with Crippen molar-refractivity contribution in [2.45, 2.75) is 12.5 Å². The normalized spacial score (nSPS) is 18.4. The summed E-state index contributed by atoms with van der Waals surface area (Å²) in [5, 5.41) is 0.105. The third-order valence-electron chi connectivity index (χ3n) is 3.42. The highest BCUT2D eigenvalue weighted by molar-refractivity contribution is 7.99. The maximum absolute atomic E-state index is 12.6. The first-order valence-corrected chi connectivity index (χ1v) is 7.89. The van der Waals surface area contributed by atoms with E-state index in [-0.39, 0.29) is 16.8 Å². The van der Waals surface area contributed by atoms with Gasteiger partial charge in [0.15, 0.2) is 0 Å². The number of rotatable bonds is 2. The average Bonchev–Trinajstić information content (AvgIpc) is 2.93. The van der Waals surface area contributed by atoms with Gasteiger partial charge in [-0.1, -0.05) is 41.9 Å². The molecule has 6 heteroatoms. The van der Waals surface area contributed by atoms with Crippen molar-refractivity contribution in [3.05, 3.63) is 56.3 Å². The quantitative estimate of drug-likeness (QED) is 0.867. The van der Waals surface area contributed by atoms with Crippen molar-refractivity contribution in [3.8, 4) is 11.1 Å². The lowest BCUT2D eigenvalue weighted by Gasteiger charge is -2.14. The molecule has 1 aromatic heterocycles. The molecule has 1 fully saturated rings. The molecule has 1 saturated heterocycles. The van der Waals surface area contributed by atoms with E-state index >= 15 is 0 Å². The molecule has 2 heterocycles. The SMILES string of the molecule is O=c1[nH]c(Cl)c(-c2ccccc2)c(=O)n1C1CCSC1. The number of thioether (sulfide) groups is 1. The summed E-state index contributed by atoms with van der Waals surface area (Å²) in [5.74, 6) is 1.76. The van der Waals surface area contributed by atoms with E-state index < -0.39 is 5.69 Å². The van der Waals surface area contributed by atoms with E-state index in [1.54, 1.807) is 11.8 Å². The molecular weight excluding hydrogens is 296 g/mol. The predicted octanol–water partition coefficient (Wildman–Crippen LogP) is 2.54. The summed E-state index contributed by atoms with van der Waals surface area (Å²) >= 11 is 7.83. The van der Waals surface area contributed by atoms with Crippen LogP contribution in [0, 0.1) is 0 Å². The second-order valence-corrected chi connectivity index (χ2v) is 6.21. The number of nitrogens with one attached hydrogen (secondary N) is 1. The minimum Gasteiger partial charge on any atom is -0.297 e. The van der Waals surface area contributed by atoms with Crippen LogP contribution in [0.15, 0.2) is 39.9 Å². The minimum atomic E-state index is -0.424. The van der Waals surface area contributed by atoms with Gasteiger partial charge in [0.05, 0.1) is 11.6 Å². The van der Waals surface area contributed by atoms with Crippen molar-refractivity contribution in [2.24, 2.45) is 0 Å². The number of aromatic amines is 1. The highest BCUT2D eigenvalue weighted by Crippen LogP contribution is 2.27. The second kappa shape index (κ2) is 5.50. The molecule has 1 unspecified atom stereocenters. The van der Waals surface area contributed by atoms with Gasteiger partial charge >= 0.3 is 5.69 Å². The first-order valence-electron chi connectivity index (χ1n) is 6.36. The fourth-order valence-electron chi connectivity index (χ4n) is 2.44. The second-order valence-electron chi connectivity index (χ2n) is 4.68. The Balaban J connectivity index is 2.23. The molecule has 1 aliphatic heterocycles. The van der Waals surface area contributed by atoms with E-state index in [0.29, 0.717) is 5.56 Å². The number of benzene rings is 1. The highest BCUT2D eigenvalue weighted by atomic mass is 35.5. The van der Waals surface area contributed by atoms with Crippen molar-refractivity contribution in [2.75, 3.05) is 11.5 Å². The molecular formula is C14H13ClN2O2S. The Bertz CT molecular complexity index is 733. The number of hydrogen-bond donors (Lipinski definition) is 1. The smallest absolute Gasteiger partial charge is 0.297 e. The van der Waals surface area contributed by atoms with Gasteiger partial charge < -0.3 is 0 Å². The zero-order valence-corrected chi connectivity index (χ0v) is 12.2. The third-order valence-corrected chi connectivity index (χ3v) is 4.85. The van der Waals surface area contributed by atoms with Crippen LogP contribution in [0.2, 0.25) is 5.15 Å². The first kappa shape index (κ1) is 13.5. The fraction of sp³-hybridized carbons (Fsp3) is 0.286. The van der Waals surface area contributed by atoms with E-state index in [0.717, 1.165) is 23.5 Å². The van der Waals surface area contributed by atoms with Gasteiger partial charge in [0, 0.05) is 5.75 Å². The summed E-state index contributed by atoms with van der Waals surface area (Å²) < 4.78 is 1.31. The molecule has 1 aromatic carbocycles. The van der Waals surface area contributed by atoms with Crippen molar-refractivity contribution in [1.82, 2.24) is 9.55 Å². The highest BCUT2D eigenvalue weighted by Gasteiger charge is 2.23. The number of hydrogen-bond acceptors (Lipinski definition) is 3. The Morgan fingerprint density at radius 2 is 2.00 bits per heavy atom. The molecule has 0 radical (unpaired) electrons. The fourth-order valence-corrected chi connectivity index (χ4v) is 3.90. The van der Waals surface area contributed by atoms with Gasteiger partial charge in [0.1, 0.15) is 5.15 Å². The lowest BCUT2D eigenvalue weighted by Crippen LogP contribution is -2.39. The molecule has 0 bridgehead atoms. The Morgan fingerprint density at radius 3 is 2.65 bits per heavy atom. The standard InChI is InChI=1S/C14H13ClN2O2S/c15-12-11(9-4-2-1-3-5-9)13(18)17(14(19)16-12)10-6-7-20-8-10/h1-5,10H,6-8H2,(H,16,19). The van der Waals surface area contributed by atoms with E-state index in [4.69, 9.17) is 11.6 Å². The molecule has 104 valence electrons. The summed E-state index contributed by atoms with van der Waals surface area (Å²) in [6.07, 6.45) is 0.837. The molecule has 1 N–H and O–H groups in total. The molecule has 0 aliphatic carbocycles. The van der Waals surface area contributed by atoms with Crippen molar-refractivity contribution in [3.63, 3.8) is 0 Å². The largest absolute Gasteiger partial charge is 0.329 e. The molecule has 1 aliphatic rings. The number of halogens is 1. The van der Waals surface area contributed by atoms with Gasteiger partial charge in [-0.3, -0.25) is 14.3 Å². The van der Waals surface area contributed by atoms with Crippen LogP contribution in [0.3, 0.4) is 0 Å². The minimum absolute atomic E-state index is 0.0454. The summed E-state index contributed by atoms with van der Waals surface area (Å²) in [4.78, 5) is 27.3. The average molecular weight is 309 g/mol. The van der Waals surface area contributed by atoms with E-state index in [9.17, 15) is 9.59 Å². The molecule has 3 rings (SSSR count). The zero-order chi connectivity index (χ0) is 14.1. The van der Waals surface area contributed by atoms with Gasteiger partial charge in [-0.15, -0.1) is 0 Å². The maximum Gasteiger partial charge on any atom is 0.329 e. The lowest BCUT2D eigenvalue weighted by molar-refractivity contribution is 0.515. The Kier molecular flexibility index (Phi) is 3.72. The van der Waals surface area contributed by atoms with Gasteiger partial charge in [-0.05, 0) is 17.7 Å². The van der Waals surface area contributed by atoms with E-state index in [1.165, 1.54) is 4.57 Å². The van der Waals surface area contributed by atoms with Gasteiger partial charge in [0.2, 0.25) is 0 Å². The van der Waals surface area contributed by atoms with Crippen molar-refractivity contribution < 1.29 is 0 Å². The van der Waals surface area contributed by atoms with Crippen LogP contribution in [0.25, 0.3) is 11.1 Å². The van der Waals surface area contributed by atoms with E-state index in [2.05, 4.69) is 4.98 Å². The molecule has 0 saturated carbocycles. The Labute approximate surface area is 124 Å². The molecule has 2 aromatic rings. The molecule has 0 amide bonds. The van der Waals surface area contributed by atoms with Crippen LogP contribution in [0.4, 0.5) is 0 Å². The summed E-state index contributed by atoms with van der Waals surface area (Å²) in [5.41, 5.74) is 0.353. The summed E-state index contributed by atoms with van der Waals surface area (Å²) in [6.45, 7) is 0. The summed E-state index contributed by atoms with van der Waals surface area (Å²) in [7, 11) is 0. The van der Waals surface area contributed by atoms with Gasteiger partial charge in [-0.25, -0.2) is 4.79 Å². The number of aromatic nitrogens is 2. The van der Waals surface area contributed by atoms with Crippen LogP contribution in [0.1, 0.15) is 12.5 Å². The van der Waals surface area contributed by atoms with Crippen molar-refractivity contribution in [1.29, 1.82) is 0 Å². The number of nitrogens with zero attached hydrogens (tertiary/aromatic N) is 1.